The van der Waals surface area contributed by atoms with Gasteiger partial charge in [-0.1, -0.05) is 36.9 Å². The highest BCUT2D eigenvalue weighted by atomic mass is 32.1. The van der Waals surface area contributed by atoms with Crippen LogP contribution in [0.4, 0.5) is 5.82 Å². The van der Waals surface area contributed by atoms with Crippen molar-refractivity contribution in [3.8, 4) is 21.0 Å². The van der Waals surface area contributed by atoms with E-state index in [9.17, 15) is 4.79 Å². The second kappa shape index (κ2) is 7.96. The molecule has 1 aliphatic heterocycles. The van der Waals surface area contributed by atoms with Crippen LogP contribution in [-0.4, -0.2) is 43.6 Å². The van der Waals surface area contributed by atoms with E-state index >= 15 is 0 Å². The summed E-state index contributed by atoms with van der Waals surface area (Å²) < 4.78 is 1.92. The van der Waals surface area contributed by atoms with Crippen molar-refractivity contribution in [1.29, 1.82) is 0 Å². The minimum Gasteiger partial charge on any atom is -0.383 e. The van der Waals surface area contributed by atoms with E-state index in [0.29, 0.717) is 18.0 Å². The van der Waals surface area contributed by atoms with E-state index in [-0.39, 0.29) is 11.9 Å². The Balaban J connectivity index is 1.58. The number of nitrogens with zero attached hydrogens (tertiary/aromatic N) is 5. The standard InChI is InChI=1S/C23H22N6OS/c1-2-19(30)28-12-6-9-16(13-28)29-23-20(22(24)25-14-26-23)21(27-29)18-11-10-17(31-18)15-7-4-3-5-8-15/h2-5,7-8,10-11,14,16H,1,6,9,12-13H2,(H2,24,25,26)/t16-/m1/s1. The fraction of sp³-hybridized carbons (Fsp3) is 0.217. The lowest BCUT2D eigenvalue weighted by Crippen LogP contribution is -2.40. The van der Waals surface area contributed by atoms with Gasteiger partial charge in [0.1, 0.15) is 17.8 Å². The molecule has 1 aliphatic rings. The number of hydrogen-bond donors (Lipinski definition) is 1. The van der Waals surface area contributed by atoms with Crippen LogP contribution in [0.1, 0.15) is 18.9 Å². The van der Waals surface area contributed by atoms with E-state index in [2.05, 4.69) is 40.8 Å². The third kappa shape index (κ3) is 3.48. The van der Waals surface area contributed by atoms with Gasteiger partial charge in [-0.2, -0.15) is 5.10 Å². The molecule has 2 N–H and O–H groups in total. The van der Waals surface area contributed by atoms with Crippen LogP contribution in [0.5, 0.6) is 0 Å². The topological polar surface area (TPSA) is 89.9 Å². The smallest absolute Gasteiger partial charge is 0.246 e. The van der Waals surface area contributed by atoms with Crippen LogP contribution < -0.4 is 5.73 Å². The van der Waals surface area contributed by atoms with Gasteiger partial charge in [0.15, 0.2) is 5.65 Å². The average Bonchev–Trinajstić information content (AvgIpc) is 3.45. The van der Waals surface area contributed by atoms with Crippen molar-refractivity contribution in [3.05, 3.63) is 61.4 Å². The minimum atomic E-state index is -0.0544. The van der Waals surface area contributed by atoms with E-state index in [1.54, 1.807) is 11.3 Å². The summed E-state index contributed by atoms with van der Waals surface area (Å²) in [4.78, 5) is 24.9. The highest BCUT2D eigenvalue weighted by Gasteiger charge is 2.28. The average molecular weight is 431 g/mol. The number of amides is 1. The van der Waals surface area contributed by atoms with Crippen molar-refractivity contribution in [2.45, 2.75) is 18.9 Å². The van der Waals surface area contributed by atoms with Crippen LogP contribution in [0.15, 0.2) is 61.4 Å². The third-order valence-electron chi connectivity index (χ3n) is 5.64. The normalized spacial score (nSPS) is 16.5. The van der Waals surface area contributed by atoms with Gasteiger partial charge >= 0.3 is 0 Å². The Labute approximate surface area is 183 Å². The molecule has 31 heavy (non-hydrogen) atoms. The summed E-state index contributed by atoms with van der Waals surface area (Å²) in [6, 6.07) is 14.5. The molecule has 0 unspecified atom stereocenters. The molecule has 0 aliphatic carbocycles. The number of rotatable bonds is 4. The molecule has 8 heteroatoms. The number of benzene rings is 1. The number of carbonyl (C=O) groups excluding carboxylic acids is 1. The van der Waals surface area contributed by atoms with Gasteiger partial charge in [-0.25, -0.2) is 14.6 Å². The molecule has 5 rings (SSSR count). The summed E-state index contributed by atoms with van der Waals surface area (Å²) >= 11 is 1.67. The molecule has 4 aromatic rings. The molecule has 0 bridgehead atoms. The van der Waals surface area contributed by atoms with Gasteiger partial charge in [0.2, 0.25) is 5.91 Å². The summed E-state index contributed by atoms with van der Waals surface area (Å²) in [6.45, 7) is 4.92. The zero-order valence-corrected chi connectivity index (χ0v) is 17.8. The summed E-state index contributed by atoms with van der Waals surface area (Å²) in [5.74, 6) is 0.358. The summed E-state index contributed by atoms with van der Waals surface area (Å²) in [6.07, 6.45) is 4.66. The number of nitrogens with two attached hydrogens (primary N) is 1. The van der Waals surface area contributed by atoms with Gasteiger partial charge in [0, 0.05) is 18.0 Å². The van der Waals surface area contributed by atoms with E-state index in [0.717, 1.165) is 45.8 Å². The fourth-order valence-electron chi connectivity index (χ4n) is 4.13. The first-order chi connectivity index (χ1) is 15.2. The first-order valence-corrected chi connectivity index (χ1v) is 11.0. The number of piperidine rings is 1. The Morgan fingerprint density at radius 1 is 1.16 bits per heavy atom. The predicted molar refractivity (Wildman–Crippen MR) is 124 cm³/mol. The maximum atomic E-state index is 12.2. The van der Waals surface area contributed by atoms with Crippen molar-refractivity contribution >= 4 is 34.1 Å². The number of aromatic nitrogens is 4. The zero-order valence-electron chi connectivity index (χ0n) is 16.9. The van der Waals surface area contributed by atoms with Crippen LogP contribution in [0.3, 0.4) is 0 Å². The largest absolute Gasteiger partial charge is 0.383 e. The van der Waals surface area contributed by atoms with E-state index in [1.807, 2.05) is 27.8 Å². The van der Waals surface area contributed by atoms with Gasteiger partial charge in [0.05, 0.1) is 16.3 Å². The molecule has 1 aromatic carbocycles. The fourth-order valence-corrected chi connectivity index (χ4v) is 5.13. The Hall–Kier alpha value is -3.52. The van der Waals surface area contributed by atoms with Crippen molar-refractivity contribution < 1.29 is 4.79 Å². The van der Waals surface area contributed by atoms with E-state index in [1.165, 1.54) is 12.4 Å². The lowest BCUT2D eigenvalue weighted by molar-refractivity contribution is -0.127. The predicted octanol–water partition coefficient (Wildman–Crippen LogP) is 4.15. The summed E-state index contributed by atoms with van der Waals surface area (Å²) in [5.41, 5.74) is 8.93. The van der Waals surface area contributed by atoms with Gasteiger partial charge in [0.25, 0.3) is 0 Å². The first-order valence-electron chi connectivity index (χ1n) is 10.2. The molecular weight excluding hydrogens is 408 g/mol. The first kappa shape index (κ1) is 19.4. The van der Waals surface area contributed by atoms with Crippen LogP contribution in [0.25, 0.3) is 32.0 Å². The second-order valence-corrected chi connectivity index (χ2v) is 8.65. The quantitative estimate of drug-likeness (QED) is 0.491. The zero-order chi connectivity index (χ0) is 21.4. The van der Waals surface area contributed by atoms with Gasteiger partial charge in [-0.15, -0.1) is 11.3 Å². The lowest BCUT2D eigenvalue weighted by Gasteiger charge is -2.32. The maximum absolute atomic E-state index is 12.2. The molecule has 1 fully saturated rings. The number of thiophene rings is 1. The molecule has 0 radical (unpaired) electrons. The van der Waals surface area contributed by atoms with Crippen LogP contribution in [0, 0.1) is 0 Å². The van der Waals surface area contributed by atoms with E-state index < -0.39 is 0 Å². The van der Waals surface area contributed by atoms with Crippen molar-refractivity contribution in [2.24, 2.45) is 0 Å². The Morgan fingerprint density at radius 3 is 2.77 bits per heavy atom. The maximum Gasteiger partial charge on any atom is 0.246 e. The highest BCUT2D eigenvalue weighted by molar-refractivity contribution is 7.18. The number of carbonyl (C=O) groups is 1. The Kier molecular flexibility index (Phi) is 4.99. The van der Waals surface area contributed by atoms with Gasteiger partial charge in [-0.3, -0.25) is 4.79 Å². The molecule has 1 amide bonds. The van der Waals surface area contributed by atoms with E-state index in [4.69, 9.17) is 10.8 Å². The number of likely N-dealkylation sites (tertiary alicyclic amines) is 1. The molecule has 7 nitrogen and oxygen atoms in total. The molecule has 1 atom stereocenters. The van der Waals surface area contributed by atoms with Gasteiger partial charge < -0.3 is 10.6 Å². The van der Waals surface area contributed by atoms with Crippen LogP contribution >= 0.6 is 11.3 Å². The molecule has 156 valence electrons. The van der Waals surface area contributed by atoms with Crippen LogP contribution in [0.2, 0.25) is 0 Å². The second-order valence-electron chi connectivity index (χ2n) is 7.57. The monoisotopic (exact) mass is 430 g/mol. The molecule has 0 spiro atoms. The van der Waals surface area contributed by atoms with Crippen LogP contribution in [-0.2, 0) is 4.79 Å². The van der Waals surface area contributed by atoms with Crippen molar-refractivity contribution in [1.82, 2.24) is 24.6 Å². The van der Waals surface area contributed by atoms with Crippen molar-refractivity contribution in [3.63, 3.8) is 0 Å². The molecule has 1 saturated heterocycles. The number of anilines is 1. The molecule has 3 aromatic heterocycles. The number of nitrogen functional groups attached to an aromatic ring is 1. The Bertz CT molecular complexity index is 1260. The minimum absolute atomic E-state index is 0.0248. The van der Waals surface area contributed by atoms with Crippen molar-refractivity contribution in [2.75, 3.05) is 18.8 Å². The summed E-state index contributed by atoms with van der Waals surface area (Å²) in [7, 11) is 0. The lowest BCUT2D eigenvalue weighted by atomic mass is 10.1. The third-order valence-corrected chi connectivity index (χ3v) is 6.79. The molecule has 0 saturated carbocycles. The number of hydrogen-bond acceptors (Lipinski definition) is 6. The molecule has 4 heterocycles. The number of fused-ring (bicyclic) bond motifs is 1. The van der Waals surface area contributed by atoms with Gasteiger partial charge in [-0.05, 0) is 36.6 Å². The highest BCUT2D eigenvalue weighted by Crippen LogP contribution is 2.39. The SMILES string of the molecule is C=CC(=O)N1CCC[C@@H](n2nc(-c3ccc(-c4ccccc4)s3)c3c(N)ncnc32)C1. The molecular formula is C23H22N6OS. The Morgan fingerprint density at radius 2 is 1.97 bits per heavy atom. The summed E-state index contributed by atoms with van der Waals surface area (Å²) in [5, 5.41) is 5.71.